The molecule has 2 N–H and O–H groups in total. The maximum absolute atomic E-state index is 12.6. The number of aromatic nitrogens is 2. The summed E-state index contributed by atoms with van der Waals surface area (Å²) in [5.74, 6) is 0.633. The Morgan fingerprint density at radius 2 is 2.00 bits per heavy atom. The van der Waals surface area contributed by atoms with Crippen LogP contribution >= 0.6 is 0 Å². The molecule has 0 radical (unpaired) electrons. The first-order chi connectivity index (χ1) is 13.9. The van der Waals surface area contributed by atoms with Gasteiger partial charge in [-0.15, -0.1) is 0 Å². The Morgan fingerprint density at radius 3 is 2.66 bits per heavy atom. The number of rotatable bonds is 7. The van der Waals surface area contributed by atoms with Crippen LogP contribution in [0.5, 0.6) is 0 Å². The fourth-order valence-corrected chi connectivity index (χ4v) is 3.37. The third-order valence-corrected chi connectivity index (χ3v) is 4.73. The van der Waals surface area contributed by atoms with E-state index in [1.165, 1.54) is 10.5 Å². The third kappa shape index (κ3) is 7.08. The van der Waals surface area contributed by atoms with Gasteiger partial charge >= 0.3 is 6.18 Å². The summed E-state index contributed by atoms with van der Waals surface area (Å²) < 4.78 is 39.7. The van der Waals surface area contributed by atoms with E-state index in [0.717, 1.165) is 12.1 Å². The second-order valence-electron chi connectivity index (χ2n) is 7.23. The highest BCUT2D eigenvalue weighted by Gasteiger charge is 2.34. The molecule has 1 aromatic carbocycles. The molecule has 1 unspecified atom stereocenters. The quantitative estimate of drug-likeness (QED) is 0.546. The minimum Gasteiger partial charge on any atom is -0.357 e. The van der Waals surface area contributed by atoms with Gasteiger partial charge in [0.2, 0.25) is 0 Å². The Bertz CT molecular complexity index is 771. The van der Waals surface area contributed by atoms with Gasteiger partial charge in [-0.3, -0.25) is 4.90 Å². The van der Waals surface area contributed by atoms with Crippen LogP contribution in [0.2, 0.25) is 0 Å². The number of hydrogen-bond acceptors (Lipinski definition) is 3. The van der Waals surface area contributed by atoms with Gasteiger partial charge in [0.1, 0.15) is 0 Å². The van der Waals surface area contributed by atoms with Crippen LogP contribution in [0, 0.1) is 0 Å². The number of nitrogens with zero attached hydrogens (tertiary/aromatic N) is 4. The van der Waals surface area contributed by atoms with E-state index in [2.05, 4.69) is 32.7 Å². The number of benzene rings is 1. The molecule has 2 aromatic rings. The van der Waals surface area contributed by atoms with Crippen molar-refractivity contribution in [1.29, 1.82) is 0 Å². The van der Waals surface area contributed by atoms with Gasteiger partial charge in [0.15, 0.2) is 5.96 Å². The van der Waals surface area contributed by atoms with Gasteiger partial charge in [-0.2, -0.15) is 13.2 Å². The largest absolute Gasteiger partial charge is 0.401 e. The maximum atomic E-state index is 12.6. The SMILES string of the molecule is CCNC(=NCc1ccc(Cn2ccnc2)cc1)NC1CCN(CC(F)(F)F)C1. The van der Waals surface area contributed by atoms with Crippen molar-refractivity contribution < 1.29 is 13.2 Å². The molecule has 0 amide bonds. The van der Waals surface area contributed by atoms with Gasteiger partial charge < -0.3 is 15.2 Å². The maximum Gasteiger partial charge on any atom is 0.401 e. The molecule has 2 heterocycles. The lowest BCUT2D eigenvalue weighted by Crippen LogP contribution is -2.45. The molecule has 1 aromatic heterocycles. The Labute approximate surface area is 168 Å². The summed E-state index contributed by atoms with van der Waals surface area (Å²) in [6.45, 7) is 3.87. The molecule has 6 nitrogen and oxygen atoms in total. The van der Waals surface area contributed by atoms with Crippen molar-refractivity contribution in [3.63, 3.8) is 0 Å². The summed E-state index contributed by atoms with van der Waals surface area (Å²) in [5, 5.41) is 6.44. The normalized spacial score (nSPS) is 18.2. The molecular formula is C20H27F3N6. The number of aliphatic imine (C=N–C) groups is 1. The van der Waals surface area contributed by atoms with Gasteiger partial charge in [0.25, 0.3) is 0 Å². The summed E-state index contributed by atoms with van der Waals surface area (Å²) >= 11 is 0. The van der Waals surface area contributed by atoms with Gasteiger partial charge in [0, 0.05) is 44.6 Å². The smallest absolute Gasteiger partial charge is 0.357 e. The first kappa shape index (κ1) is 21.2. The van der Waals surface area contributed by atoms with Crippen molar-refractivity contribution in [2.24, 2.45) is 4.99 Å². The minimum atomic E-state index is -4.16. The van der Waals surface area contributed by atoms with Crippen LogP contribution < -0.4 is 10.6 Å². The Morgan fingerprint density at radius 1 is 1.24 bits per heavy atom. The van der Waals surface area contributed by atoms with Crippen molar-refractivity contribution >= 4 is 5.96 Å². The van der Waals surface area contributed by atoms with Crippen molar-refractivity contribution in [3.05, 3.63) is 54.1 Å². The van der Waals surface area contributed by atoms with Crippen molar-refractivity contribution in [2.45, 2.75) is 38.7 Å². The summed E-state index contributed by atoms with van der Waals surface area (Å²) in [7, 11) is 0. The summed E-state index contributed by atoms with van der Waals surface area (Å²) in [6.07, 6.45) is 1.98. The third-order valence-electron chi connectivity index (χ3n) is 4.73. The predicted octanol–water partition coefficient (Wildman–Crippen LogP) is 2.62. The Balaban J connectivity index is 1.52. The summed E-state index contributed by atoms with van der Waals surface area (Å²) in [6, 6.07) is 8.18. The number of nitrogens with one attached hydrogen (secondary N) is 2. The van der Waals surface area contributed by atoms with Crippen molar-refractivity contribution in [3.8, 4) is 0 Å². The van der Waals surface area contributed by atoms with E-state index in [-0.39, 0.29) is 6.04 Å². The standard InChI is InChI=1S/C20H27F3N6/c1-2-25-19(27-18-7-9-28(13-18)14-20(21,22)23)26-11-16-3-5-17(6-4-16)12-29-10-8-24-15-29/h3-6,8,10,15,18H,2,7,9,11-14H2,1H3,(H2,25,26,27). The van der Waals surface area contributed by atoms with E-state index in [1.54, 1.807) is 12.5 Å². The number of guanidine groups is 1. The number of alkyl halides is 3. The molecule has 0 spiro atoms. The first-order valence-corrected chi connectivity index (χ1v) is 9.79. The predicted molar refractivity (Wildman–Crippen MR) is 107 cm³/mol. The van der Waals surface area contributed by atoms with Crippen molar-refractivity contribution in [2.75, 3.05) is 26.2 Å². The molecule has 3 rings (SSSR count). The lowest BCUT2D eigenvalue weighted by molar-refractivity contribution is -0.143. The van der Waals surface area contributed by atoms with Crippen LogP contribution in [-0.4, -0.2) is 58.8 Å². The van der Waals surface area contributed by atoms with E-state index < -0.39 is 12.7 Å². The lowest BCUT2D eigenvalue weighted by Gasteiger charge is -2.19. The first-order valence-electron chi connectivity index (χ1n) is 9.79. The lowest BCUT2D eigenvalue weighted by atomic mass is 10.1. The van der Waals surface area contributed by atoms with Gasteiger partial charge in [-0.1, -0.05) is 24.3 Å². The molecule has 1 atom stereocenters. The molecule has 1 fully saturated rings. The zero-order valence-corrected chi connectivity index (χ0v) is 16.5. The fraction of sp³-hybridized carbons (Fsp3) is 0.500. The van der Waals surface area contributed by atoms with E-state index in [0.29, 0.717) is 38.6 Å². The highest BCUT2D eigenvalue weighted by molar-refractivity contribution is 5.80. The number of likely N-dealkylation sites (tertiary alicyclic amines) is 1. The molecule has 0 bridgehead atoms. The molecule has 0 saturated carbocycles. The van der Waals surface area contributed by atoms with E-state index in [1.807, 2.05) is 29.8 Å². The number of hydrogen-bond donors (Lipinski definition) is 2. The topological polar surface area (TPSA) is 57.5 Å². The van der Waals surface area contributed by atoms with Crippen LogP contribution in [-0.2, 0) is 13.1 Å². The van der Waals surface area contributed by atoms with Gasteiger partial charge in [-0.25, -0.2) is 9.98 Å². The van der Waals surface area contributed by atoms with Crippen LogP contribution in [0.15, 0.2) is 48.0 Å². The number of imidazole rings is 1. The molecular weight excluding hydrogens is 381 g/mol. The summed E-state index contributed by atoms with van der Waals surface area (Å²) in [5.41, 5.74) is 2.25. The van der Waals surface area contributed by atoms with Crippen LogP contribution in [0.25, 0.3) is 0 Å². The van der Waals surface area contributed by atoms with Crippen LogP contribution in [0.3, 0.4) is 0 Å². The molecule has 1 saturated heterocycles. The molecule has 1 aliphatic rings. The van der Waals surface area contributed by atoms with Crippen LogP contribution in [0.4, 0.5) is 13.2 Å². The zero-order chi connectivity index (χ0) is 20.7. The second kappa shape index (κ2) is 9.78. The van der Waals surface area contributed by atoms with E-state index in [9.17, 15) is 13.2 Å². The highest BCUT2D eigenvalue weighted by Crippen LogP contribution is 2.20. The molecule has 1 aliphatic heterocycles. The van der Waals surface area contributed by atoms with E-state index >= 15 is 0 Å². The van der Waals surface area contributed by atoms with E-state index in [4.69, 9.17) is 0 Å². The van der Waals surface area contributed by atoms with Crippen LogP contribution in [0.1, 0.15) is 24.5 Å². The molecule has 9 heteroatoms. The number of halogens is 3. The fourth-order valence-electron chi connectivity index (χ4n) is 3.37. The molecule has 29 heavy (non-hydrogen) atoms. The second-order valence-corrected chi connectivity index (χ2v) is 7.23. The highest BCUT2D eigenvalue weighted by atomic mass is 19.4. The Hall–Kier alpha value is -2.55. The molecule has 0 aliphatic carbocycles. The van der Waals surface area contributed by atoms with Gasteiger partial charge in [-0.05, 0) is 24.5 Å². The zero-order valence-electron chi connectivity index (χ0n) is 16.5. The average molecular weight is 408 g/mol. The monoisotopic (exact) mass is 408 g/mol. The van der Waals surface area contributed by atoms with Crippen molar-refractivity contribution in [1.82, 2.24) is 25.1 Å². The molecule has 158 valence electrons. The minimum absolute atomic E-state index is 0.0345. The Kier molecular flexibility index (Phi) is 7.13. The van der Waals surface area contributed by atoms with Gasteiger partial charge in [0.05, 0.1) is 19.4 Å². The average Bonchev–Trinajstić information content (AvgIpc) is 3.32. The summed E-state index contributed by atoms with van der Waals surface area (Å²) in [4.78, 5) is 10.1.